The van der Waals surface area contributed by atoms with Crippen molar-refractivity contribution in [2.75, 3.05) is 20.3 Å². The highest BCUT2D eigenvalue weighted by Crippen LogP contribution is 2.42. The Morgan fingerprint density at radius 2 is 0.814 bits per heavy atom. The molecule has 2 atom stereocenters. The number of unbranched alkanes of at least 4 members (excludes halogenated alkanes) is 26. The third-order valence-electron chi connectivity index (χ3n) is 10.5. The van der Waals surface area contributed by atoms with Crippen LogP contribution in [0.1, 0.15) is 232 Å². The first kappa shape index (κ1) is 57.0. The van der Waals surface area contributed by atoms with Gasteiger partial charge in [-0.05, 0) is 77.0 Å². The van der Waals surface area contributed by atoms with Crippen molar-refractivity contribution in [1.29, 1.82) is 0 Å². The number of esters is 2. The number of hydrogen-bond acceptors (Lipinski definition) is 7. The van der Waals surface area contributed by atoms with Crippen molar-refractivity contribution in [3.63, 3.8) is 0 Å². The lowest BCUT2D eigenvalue weighted by molar-refractivity contribution is -0.161. The minimum absolute atomic E-state index is 0.229. The van der Waals surface area contributed by atoms with Gasteiger partial charge in [0.1, 0.15) is 6.61 Å². The molecule has 0 saturated heterocycles. The van der Waals surface area contributed by atoms with Gasteiger partial charge in [0.2, 0.25) is 0 Å². The minimum Gasteiger partial charge on any atom is -0.462 e. The van der Waals surface area contributed by atoms with Crippen LogP contribution < -0.4 is 0 Å². The monoisotopic (exact) mass is 851 g/mol. The largest absolute Gasteiger partial charge is 0.472 e. The first-order valence-electron chi connectivity index (χ1n) is 24.3. The zero-order chi connectivity index (χ0) is 43.2. The molecule has 0 saturated carbocycles. The van der Waals surface area contributed by atoms with Gasteiger partial charge in [0.05, 0.1) is 6.61 Å². The minimum atomic E-state index is -4.27. The molecule has 1 N–H and O–H groups in total. The van der Waals surface area contributed by atoms with Crippen molar-refractivity contribution >= 4 is 19.8 Å². The Bertz CT molecular complexity index is 1100. The summed E-state index contributed by atoms with van der Waals surface area (Å²) in [6, 6.07) is 0. The Morgan fingerprint density at radius 3 is 1.22 bits per heavy atom. The highest BCUT2D eigenvalue weighted by atomic mass is 31.2. The third-order valence-corrected chi connectivity index (χ3v) is 11.5. The lowest BCUT2D eigenvalue weighted by atomic mass is 10.1. The van der Waals surface area contributed by atoms with Crippen LogP contribution in [0.3, 0.4) is 0 Å². The summed E-state index contributed by atoms with van der Waals surface area (Å²) in [4.78, 5) is 34.6. The predicted molar refractivity (Wildman–Crippen MR) is 249 cm³/mol. The quantitative estimate of drug-likeness (QED) is 0.0279. The Hall–Kier alpha value is -1.99. The summed E-state index contributed by atoms with van der Waals surface area (Å²) in [6.07, 6.45) is 55.9. The Kier molecular flexibility index (Phi) is 44.0. The van der Waals surface area contributed by atoms with E-state index < -0.39 is 26.5 Å². The molecule has 0 aromatic heterocycles. The van der Waals surface area contributed by atoms with Crippen LogP contribution in [0, 0.1) is 0 Å². The van der Waals surface area contributed by atoms with E-state index >= 15 is 0 Å². The van der Waals surface area contributed by atoms with Gasteiger partial charge in [0.25, 0.3) is 0 Å². The number of carbonyl (C=O) groups excluding carboxylic acids is 2. The molecule has 0 aromatic rings. The molecule has 0 radical (unpaired) electrons. The molecule has 0 rings (SSSR count). The van der Waals surface area contributed by atoms with E-state index in [1.54, 1.807) is 0 Å². The molecule has 0 aromatic carbocycles. The maximum absolute atomic E-state index is 12.6. The topological polar surface area (TPSA) is 108 Å². The standard InChI is InChI=1S/C50H91O8P/c1-4-6-8-10-12-14-16-18-20-22-24-25-27-29-31-33-35-37-39-41-43-45-50(52)58-48(47-57-59(53,54)55-3)46-56-49(51)44-42-40-38-36-34-32-30-28-26-23-21-19-17-15-13-11-9-7-5-2/h13,15-16,18-19,21-22,24,48H,4-12,14,17,20,23,25-47H2,1-3H3,(H,53,54)/b15-13-,18-16-,21-19-,24-22-. The molecule has 0 spiro atoms. The Balaban J connectivity index is 3.94. The maximum Gasteiger partial charge on any atom is 0.472 e. The Labute approximate surface area is 363 Å². The van der Waals surface area contributed by atoms with E-state index in [0.29, 0.717) is 6.42 Å². The van der Waals surface area contributed by atoms with Crippen LogP contribution in [0.25, 0.3) is 0 Å². The van der Waals surface area contributed by atoms with E-state index in [9.17, 15) is 19.0 Å². The maximum atomic E-state index is 12.6. The van der Waals surface area contributed by atoms with Crippen molar-refractivity contribution in [3.8, 4) is 0 Å². The summed E-state index contributed by atoms with van der Waals surface area (Å²) in [6.45, 7) is 3.87. The Morgan fingerprint density at radius 1 is 0.475 bits per heavy atom. The van der Waals surface area contributed by atoms with Crippen LogP contribution in [0.5, 0.6) is 0 Å². The molecule has 8 nitrogen and oxygen atoms in total. The number of allylic oxidation sites excluding steroid dienone is 8. The molecule has 2 unspecified atom stereocenters. The van der Waals surface area contributed by atoms with E-state index in [-0.39, 0.29) is 25.4 Å². The SMILES string of the molecule is CCCCC/C=C\C/C=C\CCCCCCCCCCCC(=O)OCC(COP(=O)(O)OC)OC(=O)CCCCCCCCCCC/C=C\C/C=C\CCCCCCC. The predicted octanol–water partition coefficient (Wildman–Crippen LogP) is 15.7. The summed E-state index contributed by atoms with van der Waals surface area (Å²) in [5.41, 5.74) is 0. The molecule has 0 amide bonds. The van der Waals surface area contributed by atoms with E-state index in [0.717, 1.165) is 58.5 Å². The molecular formula is C50H91O8P. The fourth-order valence-corrected chi connectivity index (χ4v) is 7.24. The first-order valence-corrected chi connectivity index (χ1v) is 25.8. The average molecular weight is 851 g/mol. The zero-order valence-electron chi connectivity index (χ0n) is 38.4. The second-order valence-corrected chi connectivity index (χ2v) is 17.8. The van der Waals surface area contributed by atoms with Crippen molar-refractivity contribution in [3.05, 3.63) is 48.6 Å². The summed E-state index contributed by atoms with van der Waals surface area (Å²) in [5.74, 6) is -0.808. The fraction of sp³-hybridized carbons (Fsp3) is 0.800. The molecule has 59 heavy (non-hydrogen) atoms. The highest BCUT2D eigenvalue weighted by Gasteiger charge is 2.24. The third kappa shape index (κ3) is 45.4. The van der Waals surface area contributed by atoms with Crippen molar-refractivity contribution in [2.24, 2.45) is 0 Å². The number of carbonyl (C=O) groups is 2. The second-order valence-electron chi connectivity index (χ2n) is 16.2. The number of ether oxygens (including phenoxy) is 2. The van der Waals surface area contributed by atoms with Gasteiger partial charge in [0, 0.05) is 20.0 Å². The van der Waals surface area contributed by atoms with E-state index in [2.05, 4.69) is 67.0 Å². The zero-order valence-corrected chi connectivity index (χ0v) is 39.3. The normalized spacial score (nSPS) is 13.6. The van der Waals surface area contributed by atoms with Crippen molar-refractivity contribution in [1.82, 2.24) is 0 Å². The molecule has 0 aliphatic rings. The van der Waals surface area contributed by atoms with Crippen LogP contribution >= 0.6 is 7.82 Å². The number of hydrogen-bond donors (Lipinski definition) is 1. The van der Waals surface area contributed by atoms with E-state index in [1.807, 2.05) is 0 Å². The number of phosphoric acid groups is 1. The summed E-state index contributed by atoms with van der Waals surface area (Å²) in [5, 5.41) is 0. The van der Waals surface area contributed by atoms with Crippen LogP contribution in [-0.2, 0) is 32.7 Å². The van der Waals surface area contributed by atoms with Gasteiger partial charge < -0.3 is 14.4 Å². The van der Waals surface area contributed by atoms with Gasteiger partial charge in [-0.15, -0.1) is 0 Å². The molecular weight excluding hydrogens is 760 g/mol. The average Bonchev–Trinajstić information content (AvgIpc) is 3.23. The molecule has 9 heteroatoms. The number of phosphoric ester groups is 1. The van der Waals surface area contributed by atoms with Crippen LogP contribution in [0.4, 0.5) is 0 Å². The van der Waals surface area contributed by atoms with Crippen LogP contribution in [0.15, 0.2) is 48.6 Å². The lowest BCUT2D eigenvalue weighted by Crippen LogP contribution is -2.29. The van der Waals surface area contributed by atoms with Crippen molar-refractivity contribution in [2.45, 2.75) is 238 Å². The van der Waals surface area contributed by atoms with E-state index in [4.69, 9.17) is 14.0 Å². The number of rotatable bonds is 45. The van der Waals surface area contributed by atoms with Gasteiger partial charge in [-0.25, -0.2) is 4.57 Å². The molecule has 344 valence electrons. The molecule has 0 bridgehead atoms. The molecule has 0 aliphatic heterocycles. The first-order chi connectivity index (χ1) is 28.8. The lowest BCUT2D eigenvalue weighted by Gasteiger charge is -2.19. The van der Waals surface area contributed by atoms with E-state index in [1.165, 1.54) is 148 Å². The van der Waals surface area contributed by atoms with Gasteiger partial charge in [0.15, 0.2) is 6.10 Å². The van der Waals surface area contributed by atoms with Crippen LogP contribution in [-0.4, -0.2) is 43.3 Å². The fourth-order valence-electron chi connectivity index (χ4n) is 6.78. The van der Waals surface area contributed by atoms with Gasteiger partial charge >= 0.3 is 19.8 Å². The smallest absolute Gasteiger partial charge is 0.462 e. The van der Waals surface area contributed by atoms with Gasteiger partial charge in [-0.2, -0.15) is 0 Å². The van der Waals surface area contributed by atoms with Crippen molar-refractivity contribution < 1.29 is 37.6 Å². The second kappa shape index (κ2) is 45.5. The summed E-state index contributed by atoms with van der Waals surface area (Å²) < 4.78 is 32.1. The summed E-state index contributed by atoms with van der Waals surface area (Å²) in [7, 11) is -3.21. The highest BCUT2D eigenvalue weighted by molar-refractivity contribution is 7.47. The van der Waals surface area contributed by atoms with Gasteiger partial charge in [-0.3, -0.25) is 18.6 Å². The molecule has 0 aliphatic carbocycles. The van der Waals surface area contributed by atoms with Crippen LogP contribution in [0.2, 0.25) is 0 Å². The molecule has 0 fully saturated rings. The summed E-state index contributed by atoms with van der Waals surface area (Å²) >= 11 is 0. The molecule has 0 heterocycles. The van der Waals surface area contributed by atoms with Gasteiger partial charge in [-0.1, -0.05) is 191 Å².